The van der Waals surface area contributed by atoms with Gasteiger partial charge in [-0.3, -0.25) is 0 Å². The van der Waals surface area contributed by atoms with Crippen molar-refractivity contribution in [3.05, 3.63) is 23.8 Å². The van der Waals surface area contributed by atoms with Gasteiger partial charge in [-0.2, -0.15) is 0 Å². The van der Waals surface area contributed by atoms with Crippen LogP contribution in [0.2, 0.25) is 0 Å². The average Bonchev–Trinajstić information content (AvgIpc) is 2.18. The Labute approximate surface area is 104 Å². The molecular formula is C11H14F2N2O2S. The van der Waals surface area contributed by atoms with E-state index in [9.17, 15) is 17.2 Å². The van der Waals surface area contributed by atoms with Crippen LogP contribution in [0.1, 0.15) is 6.92 Å². The second-order valence-electron chi connectivity index (χ2n) is 4.49. The number of nitrogens with zero attached hydrogens (tertiary/aromatic N) is 1. The number of sulfone groups is 1. The molecule has 100 valence electrons. The highest BCUT2D eigenvalue weighted by molar-refractivity contribution is 7.91. The topological polar surface area (TPSA) is 63.4 Å². The molecule has 0 bridgehead atoms. The van der Waals surface area contributed by atoms with E-state index in [4.69, 9.17) is 5.73 Å². The molecule has 0 aromatic heterocycles. The largest absolute Gasteiger partial charge is 0.399 e. The average molecular weight is 276 g/mol. The predicted octanol–water partition coefficient (Wildman–Crippen LogP) is 1.17. The molecule has 1 saturated heterocycles. The minimum Gasteiger partial charge on any atom is -0.399 e. The third kappa shape index (κ3) is 2.40. The van der Waals surface area contributed by atoms with E-state index in [1.807, 2.05) is 0 Å². The van der Waals surface area contributed by atoms with Crippen molar-refractivity contribution in [1.29, 1.82) is 0 Å². The summed E-state index contributed by atoms with van der Waals surface area (Å²) in [6, 6.07) is 1.61. The highest BCUT2D eigenvalue weighted by atomic mass is 32.2. The highest BCUT2D eigenvalue weighted by Gasteiger charge is 2.31. The first-order valence-electron chi connectivity index (χ1n) is 5.52. The molecule has 2 rings (SSSR count). The molecule has 1 aromatic carbocycles. The molecule has 1 aliphatic heterocycles. The van der Waals surface area contributed by atoms with Gasteiger partial charge in [-0.05, 0) is 19.1 Å². The van der Waals surface area contributed by atoms with E-state index < -0.39 is 27.5 Å². The number of rotatable bonds is 1. The molecule has 18 heavy (non-hydrogen) atoms. The Morgan fingerprint density at radius 2 is 1.89 bits per heavy atom. The van der Waals surface area contributed by atoms with Gasteiger partial charge in [0.2, 0.25) is 0 Å². The van der Waals surface area contributed by atoms with Crippen LogP contribution in [-0.4, -0.2) is 32.5 Å². The van der Waals surface area contributed by atoms with Crippen LogP contribution in [0.25, 0.3) is 0 Å². The number of nitrogen functional groups attached to an aromatic ring is 1. The summed E-state index contributed by atoms with van der Waals surface area (Å²) in [5, 5.41) is 0. The van der Waals surface area contributed by atoms with Gasteiger partial charge in [-0.1, -0.05) is 0 Å². The number of hydrogen-bond donors (Lipinski definition) is 1. The SMILES string of the molecule is CC1CS(=O)(=O)CCN1c1c(F)cc(N)cc1F. The molecule has 1 unspecified atom stereocenters. The van der Waals surface area contributed by atoms with Crippen LogP contribution in [-0.2, 0) is 9.84 Å². The van der Waals surface area contributed by atoms with E-state index in [0.29, 0.717) is 0 Å². The summed E-state index contributed by atoms with van der Waals surface area (Å²) < 4.78 is 50.4. The quantitative estimate of drug-likeness (QED) is 0.782. The fraction of sp³-hybridized carbons (Fsp3) is 0.455. The maximum absolute atomic E-state index is 13.8. The maximum Gasteiger partial charge on any atom is 0.154 e. The Balaban J connectivity index is 2.39. The molecule has 1 aliphatic rings. The van der Waals surface area contributed by atoms with E-state index in [0.717, 1.165) is 12.1 Å². The summed E-state index contributed by atoms with van der Waals surface area (Å²) in [6.07, 6.45) is 0. The van der Waals surface area contributed by atoms with Crippen molar-refractivity contribution in [3.8, 4) is 0 Å². The number of anilines is 2. The number of hydrogen-bond acceptors (Lipinski definition) is 4. The van der Waals surface area contributed by atoms with Crippen LogP contribution in [0.3, 0.4) is 0 Å². The lowest BCUT2D eigenvalue weighted by Gasteiger charge is -2.35. The Morgan fingerprint density at radius 1 is 1.33 bits per heavy atom. The molecule has 1 aromatic rings. The van der Waals surface area contributed by atoms with Crippen molar-refractivity contribution in [1.82, 2.24) is 0 Å². The van der Waals surface area contributed by atoms with Gasteiger partial charge in [0.05, 0.1) is 11.5 Å². The zero-order valence-electron chi connectivity index (χ0n) is 9.86. The lowest BCUT2D eigenvalue weighted by molar-refractivity contribution is 0.539. The van der Waals surface area contributed by atoms with Gasteiger partial charge >= 0.3 is 0 Å². The Morgan fingerprint density at radius 3 is 2.39 bits per heavy atom. The van der Waals surface area contributed by atoms with Gasteiger partial charge in [0, 0.05) is 18.3 Å². The van der Waals surface area contributed by atoms with Gasteiger partial charge in [0.1, 0.15) is 5.69 Å². The van der Waals surface area contributed by atoms with E-state index in [-0.39, 0.29) is 29.4 Å². The monoisotopic (exact) mass is 276 g/mol. The zero-order chi connectivity index (χ0) is 13.5. The number of benzene rings is 1. The molecule has 1 fully saturated rings. The first kappa shape index (κ1) is 13.1. The summed E-state index contributed by atoms with van der Waals surface area (Å²) in [6.45, 7) is 1.72. The van der Waals surface area contributed by atoms with Crippen LogP contribution >= 0.6 is 0 Å². The van der Waals surface area contributed by atoms with Crippen molar-refractivity contribution < 1.29 is 17.2 Å². The van der Waals surface area contributed by atoms with Gasteiger partial charge in [0.25, 0.3) is 0 Å². The highest BCUT2D eigenvalue weighted by Crippen LogP contribution is 2.29. The second-order valence-corrected chi connectivity index (χ2v) is 6.72. The molecule has 0 radical (unpaired) electrons. The van der Waals surface area contributed by atoms with Crippen molar-refractivity contribution in [2.45, 2.75) is 13.0 Å². The van der Waals surface area contributed by atoms with E-state index in [1.54, 1.807) is 6.92 Å². The Bertz CT molecular complexity index is 551. The van der Waals surface area contributed by atoms with Gasteiger partial charge in [0.15, 0.2) is 21.5 Å². The van der Waals surface area contributed by atoms with E-state index >= 15 is 0 Å². The minimum absolute atomic E-state index is 0.00559. The molecular weight excluding hydrogens is 262 g/mol. The molecule has 0 spiro atoms. The van der Waals surface area contributed by atoms with Crippen molar-refractivity contribution in [2.24, 2.45) is 0 Å². The Kier molecular flexibility index (Phi) is 3.18. The fourth-order valence-electron chi connectivity index (χ4n) is 2.19. The van der Waals surface area contributed by atoms with Crippen LogP contribution in [0.5, 0.6) is 0 Å². The summed E-state index contributed by atoms with van der Waals surface area (Å²) in [5.74, 6) is -1.73. The minimum atomic E-state index is -3.12. The Hall–Kier alpha value is -1.37. The van der Waals surface area contributed by atoms with E-state index in [1.165, 1.54) is 4.90 Å². The molecule has 4 nitrogen and oxygen atoms in total. The van der Waals surface area contributed by atoms with Crippen molar-refractivity contribution in [2.75, 3.05) is 28.7 Å². The summed E-state index contributed by atoms with van der Waals surface area (Å²) in [7, 11) is -3.12. The second kappa shape index (κ2) is 4.38. The third-order valence-electron chi connectivity index (χ3n) is 3.00. The lowest BCUT2D eigenvalue weighted by atomic mass is 10.2. The zero-order valence-corrected chi connectivity index (χ0v) is 10.7. The van der Waals surface area contributed by atoms with Crippen molar-refractivity contribution >= 4 is 21.2 Å². The van der Waals surface area contributed by atoms with Crippen LogP contribution in [0, 0.1) is 11.6 Å². The summed E-state index contributed by atoms with van der Waals surface area (Å²) in [4.78, 5) is 1.44. The number of halogens is 2. The van der Waals surface area contributed by atoms with Gasteiger partial charge < -0.3 is 10.6 Å². The lowest BCUT2D eigenvalue weighted by Crippen LogP contribution is -2.47. The molecule has 0 saturated carbocycles. The van der Waals surface area contributed by atoms with Crippen molar-refractivity contribution in [3.63, 3.8) is 0 Å². The van der Waals surface area contributed by atoms with E-state index in [2.05, 4.69) is 0 Å². The normalized spacial score (nSPS) is 23.1. The molecule has 2 N–H and O–H groups in total. The summed E-state index contributed by atoms with van der Waals surface area (Å²) >= 11 is 0. The van der Waals surface area contributed by atoms with Crippen LogP contribution in [0.4, 0.5) is 20.2 Å². The molecule has 7 heteroatoms. The summed E-state index contributed by atoms with van der Waals surface area (Å²) in [5.41, 5.74) is 5.14. The number of nitrogens with two attached hydrogens (primary N) is 1. The molecule has 0 amide bonds. The van der Waals surface area contributed by atoms with Crippen LogP contribution in [0.15, 0.2) is 12.1 Å². The molecule has 1 heterocycles. The third-order valence-corrected chi connectivity index (χ3v) is 4.79. The van der Waals surface area contributed by atoms with Gasteiger partial charge in [-0.15, -0.1) is 0 Å². The maximum atomic E-state index is 13.8. The fourth-order valence-corrected chi connectivity index (χ4v) is 3.75. The predicted molar refractivity (Wildman–Crippen MR) is 66.2 cm³/mol. The first-order valence-corrected chi connectivity index (χ1v) is 7.34. The smallest absolute Gasteiger partial charge is 0.154 e. The van der Waals surface area contributed by atoms with Crippen LogP contribution < -0.4 is 10.6 Å². The standard InChI is InChI=1S/C11H14F2N2O2S/c1-7-6-18(16,17)3-2-15(7)11-9(12)4-8(14)5-10(11)13/h4-5,7H,2-3,6,14H2,1H3. The van der Waals surface area contributed by atoms with Gasteiger partial charge in [-0.25, -0.2) is 17.2 Å². The molecule has 0 aliphatic carbocycles. The first-order chi connectivity index (χ1) is 8.30. The molecule has 1 atom stereocenters.